The number of aryl methyl sites for hydroxylation is 1. The van der Waals surface area contributed by atoms with Gasteiger partial charge in [-0.15, -0.1) is 0 Å². The van der Waals surface area contributed by atoms with Crippen molar-refractivity contribution in [2.75, 3.05) is 0 Å². The fourth-order valence-corrected chi connectivity index (χ4v) is 4.04. The van der Waals surface area contributed by atoms with Crippen LogP contribution in [0.2, 0.25) is 5.02 Å². The van der Waals surface area contributed by atoms with Gasteiger partial charge >= 0.3 is 6.18 Å². The zero-order valence-corrected chi connectivity index (χ0v) is 18.8. The number of alkyl halides is 3. The van der Waals surface area contributed by atoms with Gasteiger partial charge in [-0.2, -0.15) is 13.2 Å². The molecule has 2 N–H and O–H groups in total. The van der Waals surface area contributed by atoms with Crippen molar-refractivity contribution in [3.05, 3.63) is 118 Å². The highest BCUT2D eigenvalue weighted by Gasteiger charge is 2.34. The van der Waals surface area contributed by atoms with E-state index in [-0.39, 0.29) is 12.1 Å². The van der Waals surface area contributed by atoms with E-state index in [1.165, 1.54) is 6.20 Å². The predicted molar refractivity (Wildman–Crippen MR) is 122 cm³/mol. The quantitative estimate of drug-likeness (QED) is 0.289. The topological polar surface area (TPSA) is 53.6 Å². The van der Waals surface area contributed by atoms with Gasteiger partial charge in [-0.25, -0.2) is 9.37 Å². The van der Waals surface area contributed by atoms with Gasteiger partial charge in [0.15, 0.2) is 0 Å². The van der Waals surface area contributed by atoms with Gasteiger partial charge in [-0.1, -0.05) is 41.9 Å². The molecule has 0 aliphatic heterocycles. The van der Waals surface area contributed by atoms with Crippen LogP contribution in [0, 0.1) is 12.7 Å². The largest absolute Gasteiger partial charge is 0.416 e. The van der Waals surface area contributed by atoms with Gasteiger partial charge in [0.1, 0.15) is 5.82 Å². The Morgan fingerprint density at radius 1 is 1.00 bits per heavy atom. The molecule has 0 saturated heterocycles. The highest BCUT2D eigenvalue weighted by molar-refractivity contribution is 6.30. The molecule has 0 fully saturated rings. The second-order valence-corrected chi connectivity index (χ2v) is 8.32. The monoisotopic (exact) mass is 488 g/mol. The van der Waals surface area contributed by atoms with Crippen molar-refractivity contribution in [1.82, 2.24) is 20.3 Å². The third-order valence-electron chi connectivity index (χ3n) is 5.60. The maximum Gasteiger partial charge on any atom is 0.416 e. The lowest BCUT2D eigenvalue weighted by molar-refractivity contribution is -0.137. The first kappa shape index (κ1) is 23.9. The van der Waals surface area contributed by atoms with Gasteiger partial charge in [-0.3, -0.25) is 4.98 Å². The molecule has 176 valence electrons. The number of halogens is 5. The van der Waals surface area contributed by atoms with Gasteiger partial charge in [-0.05, 0) is 48.4 Å². The summed E-state index contributed by atoms with van der Waals surface area (Å²) < 4.78 is 55.1. The van der Waals surface area contributed by atoms with Crippen molar-refractivity contribution in [2.24, 2.45) is 0 Å². The summed E-state index contributed by atoms with van der Waals surface area (Å²) in [7, 11) is 0. The van der Waals surface area contributed by atoms with Crippen LogP contribution < -0.4 is 5.32 Å². The summed E-state index contributed by atoms with van der Waals surface area (Å²) in [5.41, 5.74) is 2.00. The van der Waals surface area contributed by atoms with Crippen molar-refractivity contribution < 1.29 is 17.6 Å². The number of nitrogens with one attached hydrogen (secondary N) is 2. The summed E-state index contributed by atoms with van der Waals surface area (Å²) in [5.74, 6) is -1.50. The first-order valence-electron chi connectivity index (χ1n) is 10.5. The molecule has 2 heterocycles. The predicted octanol–water partition coefficient (Wildman–Crippen LogP) is 6.59. The van der Waals surface area contributed by atoms with Crippen LogP contribution in [0.25, 0.3) is 0 Å². The van der Waals surface area contributed by atoms with Crippen LogP contribution in [0.15, 0.2) is 73.2 Å². The number of hydrogen-bond donors (Lipinski definition) is 2. The van der Waals surface area contributed by atoms with E-state index in [0.717, 1.165) is 29.1 Å². The zero-order valence-electron chi connectivity index (χ0n) is 18.1. The van der Waals surface area contributed by atoms with Crippen molar-refractivity contribution in [3.63, 3.8) is 0 Å². The molecule has 0 radical (unpaired) electrons. The average Bonchev–Trinajstić information content (AvgIpc) is 3.21. The number of pyridine rings is 1. The standard InChI is InChI=1S/C25H21ClF4N4/c1-15-22(34-14-33-15)13-32-24(17-9-18(25(28,29)30)11-20(27)10-17)23(16-5-3-2-4-6-16)21-8-7-19(26)12-31-21/h2-12,14,23-24,32H,13H2,1H3,(H,33,34). The van der Waals surface area contributed by atoms with Crippen LogP contribution in [0.1, 0.15) is 45.7 Å². The Bertz CT molecular complexity index is 1240. The van der Waals surface area contributed by atoms with Gasteiger partial charge in [0.05, 0.1) is 28.3 Å². The average molecular weight is 489 g/mol. The summed E-state index contributed by atoms with van der Waals surface area (Å²) in [6, 6.07) is 14.5. The maximum atomic E-state index is 14.4. The fraction of sp³-hybridized carbons (Fsp3) is 0.200. The molecule has 0 aliphatic carbocycles. The lowest BCUT2D eigenvalue weighted by Gasteiger charge is -2.29. The summed E-state index contributed by atoms with van der Waals surface area (Å²) in [5, 5.41) is 3.75. The van der Waals surface area contributed by atoms with E-state index in [1.54, 1.807) is 18.5 Å². The van der Waals surface area contributed by atoms with E-state index in [2.05, 4.69) is 20.3 Å². The Morgan fingerprint density at radius 3 is 2.38 bits per heavy atom. The molecule has 4 nitrogen and oxygen atoms in total. The number of imidazole rings is 1. The number of hydrogen-bond acceptors (Lipinski definition) is 3. The molecule has 0 saturated carbocycles. The highest BCUT2D eigenvalue weighted by atomic mass is 35.5. The number of nitrogens with zero attached hydrogens (tertiary/aromatic N) is 2. The minimum Gasteiger partial charge on any atom is -0.347 e. The molecular formula is C25H21ClF4N4. The number of aromatic nitrogens is 3. The Morgan fingerprint density at radius 2 is 1.76 bits per heavy atom. The molecular weight excluding hydrogens is 468 g/mol. The number of H-pyrrole nitrogens is 1. The van der Waals surface area contributed by atoms with Crippen molar-refractivity contribution in [3.8, 4) is 0 Å². The van der Waals surface area contributed by atoms with Crippen LogP contribution in [0.5, 0.6) is 0 Å². The van der Waals surface area contributed by atoms with E-state index in [0.29, 0.717) is 16.8 Å². The Kier molecular flexibility index (Phi) is 7.00. The van der Waals surface area contributed by atoms with Crippen molar-refractivity contribution in [2.45, 2.75) is 31.6 Å². The number of aromatic amines is 1. The van der Waals surface area contributed by atoms with E-state index in [4.69, 9.17) is 11.6 Å². The summed E-state index contributed by atoms with van der Waals surface area (Å²) in [6.45, 7) is 2.09. The second kappa shape index (κ2) is 9.95. The van der Waals surface area contributed by atoms with Crippen LogP contribution in [-0.2, 0) is 12.7 Å². The van der Waals surface area contributed by atoms with E-state index < -0.39 is 29.5 Å². The minimum atomic E-state index is -4.69. The van der Waals surface area contributed by atoms with Crippen molar-refractivity contribution in [1.29, 1.82) is 0 Å². The molecule has 0 aliphatic rings. The number of benzene rings is 2. The molecule has 9 heteroatoms. The van der Waals surface area contributed by atoms with E-state index >= 15 is 0 Å². The molecule has 2 unspecified atom stereocenters. The highest BCUT2D eigenvalue weighted by Crippen LogP contribution is 2.39. The fourth-order valence-electron chi connectivity index (χ4n) is 3.93. The van der Waals surface area contributed by atoms with Crippen LogP contribution >= 0.6 is 11.6 Å². The van der Waals surface area contributed by atoms with Crippen molar-refractivity contribution >= 4 is 11.6 Å². The first-order valence-corrected chi connectivity index (χ1v) is 10.9. The molecule has 0 bridgehead atoms. The molecule has 4 rings (SSSR count). The molecule has 34 heavy (non-hydrogen) atoms. The van der Waals surface area contributed by atoms with Gasteiger partial charge in [0.2, 0.25) is 0 Å². The SMILES string of the molecule is Cc1nc[nH]c1CNC(c1cc(F)cc(C(F)(F)F)c1)C(c1ccccc1)c1ccc(Cl)cn1. The second-order valence-electron chi connectivity index (χ2n) is 7.89. The van der Waals surface area contributed by atoms with Crippen LogP contribution in [-0.4, -0.2) is 15.0 Å². The molecule has 4 aromatic rings. The van der Waals surface area contributed by atoms with Crippen LogP contribution in [0.3, 0.4) is 0 Å². The third kappa shape index (κ3) is 5.46. The third-order valence-corrected chi connectivity index (χ3v) is 5.82. The van der Waals surface area contributed by atoms with E-state index in [1.807, 2.05) is 37.3 Å². The Balaban J connectivity index is 1.86. The molecule has 0 amide bonds. The van der Waals surface area contributed by atoms with Gasteiger partial charge in [0, 0.05) is 30.4 Å². The summed E-state index contributed by atoms with van der Waals surface area (Å²) in [6.07, 6.45) is -1.67. The lowest BCUT2D eigenvalue weighted by Crippen LogP contribution is -2.29. The zero-order chi connectivity index (χ0) is 24.3. The molecule has 2 atom stereocenters. The molecule has 2 aromatic carbocycles. The summed E-state index contributed by atoms with van der Waals surface area (Å²) in [4.78, 5) is 11.6. The molecule has 0 spiro atoms. The number of rotatable bonds is 7. The normalized spacial score (nSPS) is 13.6. The van der Waals surface area contributed by atoms with E-state index in [9.17, 15) is 17.6 Å². The molecule has 2 aromatic heterocycles. The van der Waals surface area contributed by atoms with Gasteiger partial charge in [0.25, 0.3) is 0 Å². The Hall–Kier alpha value is -3.23. The Labute approximate surface area is 199 Å². The summed E-state index contributed by atoms with van der Waals surface area (Å²) >= 11 is 6.03. The maximum absolute atomic E-state index is 14.4. The minimum absolute atomic E-state index is 0.148. The van der Waals surface area contributed by atoms with Crippen LogP contribution in [0.4, 0.5) is 17.6 Å². The smallest absolute Gasteiger partial charge is 0.347 e. The lowest BCUT2D eigenvalue weighted by atomic mass is 9.83. The van der Waals surface area contributed by atoms with Gasteiger partial charge < -0.3 is 10.3 Å². The first-order chi connectivity index (χ1) is 16.2.